The molecule has 0 spiro atoms. The molecule has 1 aromatic carbocycles. The number of alkyl carbamates (subject to hydrolysis) is 1. The van der Waals surface area contributed by atoms with E-state index in [4.69, 9.17) is 59.4 Å². The minimum Gasteiger partial charge on any atom is -1.00 e. The Balaban J connectivity index is 0.000000980. The SMILES string of the molecule is CC(=O)N1CCn2c(Cl)nc(-c3ccc4c(c3)c(-c3cnn(C)c3)nn4C)c2C1.CC(C)(C)OC(=O)CCCBr.CC(C)(C)OC(=O)NCCn1ccnc1Cl.Clc1ncc[nH]1.O=CO[O-].[H-].[K+].[K+]. The fourth-order valence-electron chi connectivity index (χ4n) is 5.91. The van der Waals surface area contributed by atoms with Gasteiger partial charge in [-0.15, -0.1) is 0 Å². The first-order valence-corrected chi connectivity index (χ1v) is 22.6. The minimum atomic E-state index is -0.475. The number of benzene rings is 1. The summed E-state index contributed by atoms with van der Waals surface area (Å²) in [5.74, 6) is -0.0574. The number of nitrogens with zero attached hydrogens (tertiary/aromatic N) is 10. The van der Waals surface area contributed by atoms with Crippen LogP contribution in [0.5, 0.6) is 0 Å². The van der Waals surface area contributed by atoms with Crippen LogP contribution in [0.3, 0.4) is 0 Å². The molecule has 0 fully saturated rings. The van der Waals surface area contributed by atoms with Crippen molar-refractivity contribution < 1.29 is 143 Å². The molecule has 362 valence electrons. The number of nitrogens with one attached hydrogen (secondary N) is 2. The molecule has 0 radical (unpaired) electrons. The summed E-state index contributed by atoms with van der Waals surface area (Å²) in [5.41, 5.74) is 4.77. The fourth-order valence-corrected chi connectivity index (χ4v) is 6.78. The number of halogens is 4. The molecule has 26 heteroatoms. The van der Waals surface area contributed by atoms with Gasteiger partial charge in [-0.25, -0.2) is 19.7 Å². The molecule has 0 unspecified atom stereocenters. The van der Waals surface area contributed by atoms with Crippen LogP contribution in [0.15, 0.2) is 55.4 Å². The van der Waals surface area contributed by atoms with Gasteiger partial charge in [-0.3, -0.25) is 23.7 Å². The molecule has 1 aliphatic heterocycles. The zero-order chi connectivity index (χ0) is 49.2. The number of aromatic nitrogens is 10. The van der Waals surface area contributed by atoms with Crippen molar-refractivity contribution in [1.82, 2.24) is 58.8 Å². The van der Waals surface area contributed by atoms with Gasteiger partial charge in [0.05, 0.1) is 29.6 Å². The number of imidazole rings is 3. The minimum absolute atomic E-state index is 0. The van der Waals surface area contributed by atoms with E-state index in [1.807, 2.05) is 94.3 Å². The average molecular weight is 1120 g/mol. The number of esters is 1. The van der Waals surface area contributed by atoms with Gasteiger partial charge in [-0.05, 0) is 94.9 Å². The third-order valence-electron chi connectivity index (χ3n) is 8.63. The molecule has 0 aliphatic carbocycles. The predicted octanol–water partition coefficient (Wildman–Crippen LogP) is 1.04. The molecule has 0 bridgehead atoms. The maximum absolute atomic E-state index is 11.9. The Morgan fingerprint density at radius 1 is 0.971 bits per heavy atom. The van der Waals surface area contributed by atoms with Gasteiger partial charge in [0.25, 0.3) is 6.47 Å². The smallest absolute Gasteiger partial charge is 1.00 e. The van der Waals surface area contributed by atoms with Crippen molar-refractivity contribution in [2.45, 2.75) is 92.1 Å². The first kappa shape index (κ1) is 63.8. The van der Waals surface area contributed by atoms with Crippen LogP contribution in [0.1, 0.15) is 68.4 Å². The average Bonchev–Trinajstić information content (AvgIpc) is 4.10. The molecule has 6 aromatic rings. The van der Waals surface area contributed by atoms with Crippen LogP contribution in [-0.2, 0) is 62.5 Å². The van der Waals surface area contributed by atoms with Gasteiger partial charge in [-0.1, -0.05) is 22.0 Å². The Morgan fingerprint density at radius 3 is 2.15 bits per heavy atom. The Hall–Kier alpha value is -2.21. The molecule has 2 amide bonds. The molecule has 0 atom stereocenters. The van der Waals surface area contributed by atoms with Gasteiger partial charge in [0, 0.05) is 106 Å². The number of aryl methyl sites for hydroxylation is 2. The van der Waals surface area contributed by atoms with Crippen LogP contribution in [-0.4, -0.2) is 108 Å². The van der Waals surface area contributed by atoms with Crippen molar-refractivity contribution >= 4 is 86.1 Å². The molecular formula is C42H56BrCl3K2N12O8. The fraction of sp³-hybridized carbons (Fsp3) is 0.452. The monoisotopic (exact) mass is 1120 g/mol. The van der Waals surface area contributed by atoms with Gasteiger partial charge < -0.3 is 45.4 Å². The van der Waals surface area contributed by atoms with Gasteiger partial charge in [0.15, 0.2) is 5.28 Å². The van der Waals surface area contributed by atoms with Gasteiger partial charge in [-0.2, -0.15) is 10.2 Å². The standard InChI is InChI=1S/C20H20ClN7O.C10H16ClN3O2.C8H15BrO2.C3H3ClN2.CH2O3.2K.H/c1-12(29)27-6-7-28-17(11-27)19(23-20(28)21)13-4-5-16-15(8-13)18(24-26(16)3)14-9-22-25(2)10-14;1-10(2,3)16-9(15)13-5-7-14-6-4-12-8(14)11;1-8(2,3)11-7(10)5-4-6-9;4-3-5-1-2-6-3;2-1-4-3;;;/h4-5,8-10H,6-7,11H2,1-3H3;4,6H,5,7H2,1-3H3,(H,13,15);4-6H2,1-3H3;1-2H,(H,5,6);1,3H;;;/q;;;;;2*+1;-1/p-1. The summed E-state index contributed by atoms with van der Waals surface area (Å²) in [7, 11) is 3.82. The van der Waals surface area contributed by atoms with E-state index in [1.165, 1.54) is 0 Å². The number of H-pyrrole nitrogens is 1. The topological polar surface area (TPSA) is 234 Å². The van der Waals surface area contributed by atoms with E-state index in [0.29, 0.717) is 55.0 Å². The molecule has 5 aromatic heterocycles. The summed E-state index contributed by atoms with van der Waals surface area (Å²) in [5, 5.41) is 23.2. The normalized spacial score (nSPS) is 11.5. The number of hydrogen-bond acceptors (Lipinski definition) is 13. The largest absolute Gasteiger partial charge is 1.00 e. The van der Waals surface area contributed by atoms with Gasteiger partial charge in [0.2, 0.25) is 16.5 Å². The van der Waals surface area contributed by atoms with Crippen molar-refractivity contribution in [3.8, 4) is 22.5 Å². The second kappa shape index (κ2) is 31.3. The number of carbonyl (C=O) groups is 4. The second-order valence-corrected chi connectivity index (χ2v) is 18.0. The number of alkyl halides is 1. The number of carbonyl (C=O) groups excluding carboxylic acids is 4. The summed E-state index contributed by atoms with van der Waals surface area (Å²) in [6, 6.07) is 6.17. The zero-order valence-electron chi connectivity index (χ0n) is 41.2. The van der Waals surface area contributed by atoms with E-state index < -0.39 is 11.7 Å². The third kappa shape index (κ3) is 22.1. The molecular weight excluding hydrogens is 1060 g/mol. The summed E-state index contributed by atoms with van der Waals surface area (Å²) in [6.07, 6.45) is 11.3. The van der Waals surface area contributed by atoms with Crippen molar-refractivity contribution in [1.29, 1.82) is 0 Å². The van der Waals surface area contributed by atoms with Crippen LogP contribution < -0.4 is 113 Å². The number of rotatable bonds is 9. The second-order valence-electron chi connectivity index (χ2n) is 16.1. The Kier molecular flexibility index (Phi) is 29.4. The molecule has 6 heterocycles. The molecule has 0 saturated carbocycles. The van der Waals surface area contributed by atoms with E-state index in [2.05, 4.69) is 57.2 Å². The summed E-state index contributed by atoms with van der Waals surface area (Å²) < 4.78 is 17.5. The van der Waals surface area contributed by atoms with E-state index in [9.17, 15) is 14.4 Å². The number of ether oxygens (including phenoxy) is 2. The summed E-state index contributed by atoms with van der Waals surface area (Å²) in [6.45, 7) is 15.3. The Labute approximate surface area is 505 Å². The van der Waals surface area contributed by atoms with Crippen molar-refractivity contribution in [3.63, 3.8) is 0 Å². The zero-order valence-corrected chi connectivity index (χ0v) is 50.3. The maximum atomic E-state index is 11.9. The first-order valence-electron chi connectivity index (χ1n) is 20.3. The van der Waals surface area contributed by atoms with Gasteiger partial charge >= 0.3 is 115 Å². The van der Waals surface area contributed by atoms with E-state index in [1.54, 1.807) is 41.0 Å². The van der Waals surface area contributed by atoms with Crippen molar-refractivity contribution in [2.75, 3.05) is 18.4 Å². The number of fused-ring (bicyclic) bond motifs is 2. The van der Waals surface area contributed by atoms with Gasteiger partial charge in [0.1, 0.15) is 16.9 Å². The molecule has 68 heavy (non-hydrogen) atoms. The molecule has 20 nitrogen and oxygen atoms in total. The van der Waals surface area contributed by atoms with E-state index >= 15 is 0 Å². The Morgan fingerprint density at radius 2 is 1.65 bits per heavy atom. The first-order chi connectivity index (χ1) is 31.1. The van der Waals surface area contributed by atoms with Crippen LogP contribution in [0.2, 0.25) is 15.9 Å². The Bertz CT molecular complexity index is 2490. The quantitative estimate of drug-likeness (QED) is 0.0515. The number of hydrogen-bond donors (Lipinski definition) is 2. The van der Waals surface area contributed by atoms with Crippen LogP contribution in [0, 0.1) is 0 Å². The summed E-state index contributed by atoms with van der Waals surface area (Å²) >= 11 is 20.7. The maximum Gasteiger partial charge on any atom is 1.00 e. The molecule has 0 saturated heterocycles. The predicted molar refractivity (Wildman–Crippen MR) is 252 cm³/mol. The molecule has 2 N–H and O–H groups in total. The van der Waals surface area contributed by atoms with Crippen molar-refractivity contribution in [2.24, 2.45) is 14.1 Å². The van der Waals surface area contributed by atoms with E-state index in [-0.39, 0.29) is 128 Å². The molecule has 7 rings (SSSR count). The van der Waals surface area contributed by atoms with Crippen LogP contribution in [0.25, 0.3) is 33.4 Å². The van der Waals surface area contributed by atoms with Crippen LogP contribution >= 0.6 is 50.7 Å². The summed E-state index contributed by atoms with van der Waals surface area (Å²) in [4.78, 5) is 62.0. The van der Waals surface area contributed by atoms with E-state index in [0.717, 1.165) is 50.9 Å². The van der Waals surface area contributed by atoms with Crippen LogP contribution in [0.4, 0.5) is 4.79 Å². The number of aromatic amines is 1. The van der Waals surface area contributed by atoms with Crippen molar-refractivity contribution in [3.05, 3.63) is 76.9 Å². The molecule has 1 aliphatic rings. The number of amides is 2. The third-order valence-corrected chi connectivity index (χ3v) is 10.0.